The van der Waals surface area contributed by atoms with Gasteiger partial charge in [-0.1, -0.05) is 115 Å². The van der Waals surface area contributed by atoms with Crippen molar-refractivity contribution in [3.63, 3.8) is 0 Å². The number of hydrogen-bond donors (Lipinski definition) is 0. The Labute approximate surface area is 225 Å². The lowest BCUT2D eigenvalue weighted by molar-refractivity contribution is 0.672. The molecule has 1 aromatic heterocycles. The molecule has 0 aliphatic carbocycles. The Balaban J connectivity index is 1.63. The zero-order chi connectivity index (χ0) is 31.3. The van der Waals surface area contributed by atoms with E-state index in [1.165, 1.54) is 0 Å². The topological polar surface area (TPSA) is 13.1 Å². The third-order valence-electron chi connectivity index (χ3n) is 7.09. The summed E-state index contributed by atoms with van der Waals surface area (Å²) in [6.45, 7) is 0. The van der Waals surface area contributed by atoms with Crippen molar-refractivity contribution >= 4 is 54.3 Å². The van der Waals surface area contributed by atoms with E-state index in [-0.39, 0.29) is 45.7 Å². The Hall–Kier alpha value is -4.88. The van der Waals surface area contributed by atoms with Crippen molar-refractivity contribution in [1.82, 2.24) is 0 Å². The van der Waals surface area contributed by atoms with E-state index in [1.54, 1.807) is 36.4 Å². The second-order valence-corrected chi connectivity index (χ2v) is 9.09. The van der Waals surface area contributed by atoms with E-state index in [4.69, 9.17) is 15.4 Å². The number of furan rings is 1. The van der Waals surface area contributed by atoms with Crippen molar-refractivity contribution in [1.29, 1.82) is 0 Å². The highest BCUT2D eigenvalue weighted by molar-refractivity contribution is 6.22. The molecule has 0 atom stereocenters. The lowest BCUT2D eigenvalue weighted by Crippen LogP contribution is -1.90. The molecule has 7 aromatic carbocycles. The first-order valence-corrected chi connectivity index (χ1v) is 12.0. The van der Waals surface area contributed by atoms with Gasteiger partial charge in [0.05, 0.1) is 11.0 Å². The molecule has 8 rings (SSSR count). The van der Waals surface area contributed by atoms with Gasteiger partial charge in [0.2, 0.25) is 0 Å². The van der Waals surface area contributed by atoms with Crippen LogP contribution in [0.2, 0.25) is 0 Å². The molecule has 0 saturated heterocycles. The number of benzene rings is 7. The Morgan fingerprint density at radius 2 is 1.08 bits per heavy atom. The molecule has 0 unspecified atom stereocenters. The monoisotopic (exact) mass is 478 g/mol. The van der Waals surface area contributed by atoms with Gasteiger partial charge in [0, 0.05) is 16.2 Å². The molecule has 1 nitrogen and oxygen atoms in total. The molecule has 0 N–H and O–H groups in total. The van der Waals surface area contributed by atoms with Gasteiger partial charge in [-0.3, -0.25) is 0 Å². The smallest absolute Gasteiger partial charge is 0.143 e. The van der Waals surface area contributed by atoms with Gasteiger partial charge in [-0.05, 0) is 67.4 Å². The average molecular weight is 479 g/mol. The zero-order valence-electron chi connectivity index (χ0n) is 27.5. The maximum Gasteiger partial charge on any atom is 0.143 e. The fourth-order valence-electron chi connectivity index (χ4n) is 5.47. The lowest BCUT2D eigenvalue weighted by Gasteiger charge is -2.17. The van der Waals surface area contributed by atoms with Crippen molar-refractivity contribution in [2.75, 3.05) is 0 Å². The number of rotatable bonds is 2. The summed E-state index contributed by atoms with van der Waals surface area (Å²) in [4.78, 5) is 0. The maximum absolute atomic E-state index is 9.12. The van der Waals surface area contributed by atoms with Gasteiger partial charge in [0.25, 0.3) is 0 Å². The molecule has 0 radical (unpaired) electrons. The van der Waals surface area contributed by atoms with Crippen LogP contribution in [0.1, 0.15) is 11.0 Å². The summed E-state index contributed by atoms with van der Waals surface area (Å²) >= 11 is 0. The van der Waals surface area contributed by atoms with Gasteiger partial charge in [0.15, 0.2) is 0 Å². The predicted molar refractivity (Wildman–Crippen MR) is 157 cm³/mol. The molecule has 37 heavy (non-hydrogen) atoms. The minimum absolute atomic E-state index is 0.190. The molecule has 0 aliphatic rings. The van der Waals surface area contributed by atoms with Crippen LogP contribution < -0.4 is 0 Å². The summed E-state index contributed by atoms with van der Waals surface area (Å²) in [6, 6.07) is 23.6. The Kier molecular flexibility index (Phi) is 2.96. The third kappa shape index (κ3) is 2.98. The van der Waals surface area contributed by atoms with Crippen LogP contribution in [0.3, 0.4) is 0 Å². The summed E-state index contributed by atoms with van der Waals surface area (Å²) in [5.41, 5.74) is 3.13. The third-order valence-corrected chi connectivity index (χ3v) is 7.09. The van der Waals surface area contributed by atoms with Crippen LogP contribution in [-0.4, -0.2) is 0 Å². The molecule has 0 bridgehead atoms. The van der Waals surface area contributed by atoms with Crippen LogP contribution in [-0.2, 0) is 0 Å². The molecule has 172 valence electrons. The van der Waals surface area contributed by atoms with Crippen LogP contribution in [0.25, 0.3) is 76.5 Å². The van der Waals surface area contributed by atoms with E-state index in [2.05, 4.69) is 0 Å². The zero-order valence-corrected chi connectivity index (χ0v) is 19.5. The van der Waals surface area contributed by atoms with Gasteiger partial charge >= 0.3 is 0 Å². The average Bonchev–Trinajstić information content (AvgIpc) is 3.45. The minimum atomic E-state index is -0.422. The summed E-state index contributed by atoms with van der Waals surface area (Å²) in [6.07, 6.45) is 0. The van der Waals surface area contributed by atoms with Crippen molar-refractivity contribution in [3.05, 3.63) is 133 Å². The quantitative estimate of drug-likeness (QED) is 0.225. The van der Waals surface area contributed by atoms with Gasteiger partial charge < -0.3 is 4.42 Å². The highest BCUT2D eigenvalue weighted by Gasteiger charge is 2.18. The fraction of sp³-hybridized carbons (Fsp3) is 0. The molecular formula is C36H22O. The highest BCUT2D eigenvalue weighted by Crippen LogP contribution is 2.45. The summed E-state index contributed by atoms with van der Waals surface area (Å²) < 4.78 is 77.1. The highest BCUT2D eigenvalue weighted by atomic mass is 16.3. The van der Waals surface area contributed by atoms with Crippen LogP contribution >= 0.6 is 0 Å². The molecule has 0 amide bonds. The van der Waals surface area contributed by atoms with Crippen molar-refractivity contribution < 1.29 is 15.4 Å². The SMILES string of the molecule is [2H]c1c([2H])c([2H])c2c(-c3ccc4oc5c6ccccc6ccc5c4c3)c3c([2H])c([2H])c([2H])c([2H])c3c(-c3ccccc3)c2c1[2H]. The molecule has 1 heterocycles. The lowest BCUT2D eigenvalue weighted by atomic mass is 9.86. The van der Waals surface area contributed by atoms with Crippen molar-refractivity contribution in [2.45, 2.75) is 0 Å². The minimum Gasteiger partial charge on any atom is -0.455 e. The molecule has 0 aliphatic heterocycles. The van der Waals surface area contributed by atoms with E-state index in [0.717, 1.165) is 27.1 Å². The molecule has 0 spiro atoms. The van der Waals surface area contributed by atoms with Crippen LogP contribution in [0.4, 0.5) is 0 Å². The van der Waals surface area contributed by atoms with Crippen LogP contribution in [0.5, 0.6) is 0 Å². The van der Waals surface area contributed by atoms with E-state index in [0.29, 0.717) is 27.8 Å². The van der Waals surface area contributed by atoms with E-state index in [1.807, 2.05) is 48.5 Å². The first-order chi connectivity index (χ1) is 21.7. The van der Waals surface area contributed by atoms with Crippen LogP contribution in [0, 0.1) is 0 Å². The van der Waals surface area contributed by atoms with Gasteiger partial charge in [-0.25, -0.2) is 0 Å². The Morgan fingerprint density at radius 3 is 1.78 bits per heavy atom. The van der Waals surface area contributed by atoms with Crippen LogP contribution in [0.15, 0.2) is 138 Å². The summed E-state index contributed by atoms with van der Waals surface area (Å²) in [5, 5.41) is 4.41. The molecule has 0 saturated carbocycles. The first kappa shape index (κ1) is 14.0. The molecule has 8 aromatic rings. The second-order valence-electron chi connectivity index (χ2n) is 9.09. The molecular weight excluding hydrogens is 448 g/mol. The largest absolute Gasteiger partial charge is 0.455 e. The first-order valence-electron chi connectivity index (χ1n) is 16.0. The van der Waals surface area contributed by atoms with E-state index >= 15 is 0 Å². The maximum atomic E-state index is 9.12. The van der Waals surface area contributed by atoms with Gasteiger partial charge in [-0.2, -0.15) is 0 Å². The normalized spacial score (nSPS) is 14.8. The number of hydrogen-bond acceptors (Lipinski definition) is 1. The van der Waals surface area contributed by atoms with Gasteiger partial charge in [-0.15, -0.1) is 0 Å². The summed E-state index contributed by atoms with van der Waals surface area (Å²) in [5.74, 6) is 0. The number of fused-ring (bicyclic) bond motifs is 7. The van der Waals surface area contributed by atoms with Crippen molar-refractivity contribution in [2.24, 2.45) is 0 Å². The second kappa shape index (κ2) is 7.81. The predicted octanol–water partition coefficient (Wildman–Crippen LogP) is 10.4. The molecule has 0 fully saturated rings. The Bertz CT molecular complexity index is 2490. The standard InChI is InChI=1S/C36H22O/c1-2-11-24(12-3-1)34-27-14-6-8-16-29(27)35(30-17-9-7-15-28(30)34)25-19-21-33-32(22-25)31-20-18-23-10-4-5-13-26(23)36(31)37-33/h1-22H/i6D,7D,8D,9D,14D,15D,16D,17D. The van der Waals surface area contributed by atoms with E-state index < -0.39 is 24.2 Å². The van der Waals surface area contributed by atoms with Gasteiger partial charge in [0.1, 0.15) is 11.2 Å². The fourth-order valence-corrected chi connectivity index (χ4v) is 5.47. The Morgan fingerprint density at radius 1 is 0.459 bits per heavy atom. The van der Waals surface area contributed by atoms with Crippen molar-refractivity contribution in [3.8, 4) is 22.3 Å². The molecule has 1 heteroatoms. The van der Waals surface area contributed by atoms with E-state index in [9.17, 15) is 0 Å². The summed E-state index contributed by atoms with van der Waals surface area (Å²) in [7, 11) is 0.